The highest BCUT2D eigenvalue weighted by Gasteiger charge is 2.28. The van der Waals surface area contributed by atoms with E-state index in [1.54, 1.807) is 48.5 Å². The van der Waals surface area contributed by atoms with Crippen molar-refractivity contribution in [3.8, 4) is 5.75 Å². The van der Waals surface area contributed by atoms with Crippen molar-refractivity contribution in [2.45, 2.75) is 18.4 Å². The lowest BCUT2D eigenvalue weighted by atomic mass is 10.1. The van der Waals surface area contributed by atoms with Crippen molar-refractivity contribution in [2.24, 2.45) is 0 Å². The van der Waals surface area contributed by atoms with Crippen molar-refractivity contribution in [3.05, 3.63) is 118 Å². The summed E-state index contributed by atoms with van der Waals surface area (Å²) in [6.07, 6.45) is 0. The van der Waals surface area contributed by atoms with Gasteiger partial charge in [-0.1, -0.05) is 60.2 Å². The van der Waals surface area contributed by atoms with Gasteiger partial charge in [0, 0.05) is 6.54 Å². The van der Waals surface area contributed by atoms with E-state index in [0.29, 0.717) is 22.5 Å². The van der Waals surface area contributed by atoms with Crippen LogP contribution in [0.25, 0.3) is 0 Å². The lowest BCUT2D eigenvalue weighted by molar-refractivity contribution is -0.114. The Morgan fingerprint density at radius 3 is 2.25 bits per heavy atom. The number of benzene rings is 4. The maximum absolute atomic E-state index is 13.8. The number of hydrogen-bond acceptors (Lipinski definition) is 5. The third-order valence-electron chi connectivity index (χ3n) is 6.06. The number of amides is 2. The topological polar surface area (TPSA) is 105 Å². The van der Waals surface area contributed by atoms with E-state index in [1.165, 1.54) is 25.3 Å². The number of rotatable bonds is 10. The molecule has 0 aromatic heterocycles. The Bertz CT molecular complexity index is 1610. The number of carbonyl (C=O) groups excluding carboxylic acids is 2. The van der Waals surface area contributed by atoms with Crippen LogP contribution >= 0.6 is 15.9 Å². The van der Waals surface area contributed by atoms with Gasteiger partial charge in [-0.25, -0.2) is 8.42 Å². The minimum absolute atomic E-state index is 0.0192. The van der Waals surface area contributed by atoms with Gasteiger partial charge < -0.3 is 15.4 Å². The van der Waals surface area contributed by atoms with E-state index >= 15 is 0 Å². The van der Waals surface area contributed by atoms with Gasteiger partial charge in [0.15, 0.2) is 0 Å². The van der Waals surface area contributed by atoms with Gasteiger partial charge in [0.1, 0.15) is 12.3 Å². The molecule has 0 aliphatic heterocycles. The Morgan fingerprint density at radius 1 is 0.900 bits per heavy atom. The Morgan fingerprint density at radius 2 is 1.57 bits per heavy atom. The Kier molecular flexibility index (Phi) is 9.23. The van der Waals surface area contributed by atoms with Crippen molar-refractivity contribution >= 4 is 49.1 Å². The molecule has 4 aromatic rings. The second-order valence-electron chi connectivity index (χ2n) is 8.91. The Labute approximate surface area is 242 Å². The van der Waals surface area contributed by atoms with Gasteiger partial charge in [-0.3, -0.25) is 13.9 Å². The second kappa shape index (κ2) is 12.8. The predicted molar refractivity (Wildman–Crippen MR) is 159 cm³/mol. The molecule has 0 aliphatic rings. The number of ether oxygens (including phenoxy) is 1. The quantitative estimate of drug-likeness (QED) is 0.242. The molecule has 0 radical (unpaired) electrons. The summed E-state index contributed by atoms with van der Waals surface area (Å²) in [6, 6.07) is 27.2. The lowest BCUT2D eigenvalue weighted by Crippen LogP contribution is -2.38. The van der Waals surface area contributed by atoms with Crippen molar-refractivity contribution in [1.29, 1.82) is 0 Å². The minimum Gasteiger partial charge on any atom is -0.496 e. The Hall–Kier alpha value is -4.15. The fraction of sp³-hybridized carbons (Fsp3) is 0.133. The highest BCUT2D eigenvalue weighted by molar-refractivity contribution is 9.10. The van der Waals surface area contributed by atoms with Crippen LogP contribution in [0, 0.1) is 6.92 Å². The predicted octanol–water partition coefficient (Wildman–Crippen LogP) is 5.53. The summed E-state index contributed by atoms with van der Waals surface area (Å²) in [4.78, 5) is 26.2. The van der Waals surface area contributed by atoms with Gasteiger partial charge in [0.2, 0.25) is 5.91 Å². The maximum atomic E-state index is 13.8. The van der Waals surface area contributed by atoms with Gasteiger partial charge in [-0.05, 0) is 70.9 Å². The first-order valence-electron chi connectivity index (χ1n) is 12.3. The molecule has 4 aromatic carbocycles. The zero-order valence-corrected chi connectivity index (χ0v) is 24.3. The van der Waals surface area contributed by atoms with E-state index in [1.807, 2.05) is 37.3 Å². The van der Waals surface area contributed by atoms with Crippen LogP contribution in [-0.4, -0.2) is 33.9 Å². The highest BCUT2D eigenvalue weighted by atomic mass is 79.9. The SMILES string of the molecule is COc1ccc(S(=O)(=O)N(CC(=O)Nc2ccccc2C(=O)NCc2ccccc2)c2ccc(C)cc2)cc1Br. The summed E-state index contributed by atoms with van der Waals surface area (Å²) < 4.78 is 34.3. The monoisotopic (exact) mass is 621 g/mol. The summed E-state index contributed by atoms with van der Waals surface area (Å²) >= 11 is 3.33. The van der Waals surface area contributed by atoms with E-state index in [-0.39, 0.29) is 22.1 Å². The third kappa shape index (κ3) is 6.88. The smallest absolute Gasteiger partial charge is 0.264 e. The molecule has 2 amide bonds. The fourth-order valence-electron chi connectivity index (χ4n) is 3.94. The van der Waals surface area contributed by atoms with Crippen LogP contribution in [0.3, 0.4) is 0 Å². The van der Waals surface area contributed by atoms with Gasteiger partial charge in [0.25, 0.3) is 15.9 Å². The fourth-order valence-corrected chi connectivity index (χ4v) is 6.08. The zero-order chi connectivity index (χ0) is 28.7. The molecule has 40 heavy (non-hydrogen) atoms. The van der Waals surface area contributed by atoms with E-state index in [0.717, 1.165) is 15.4 Å². The number of nitrogens with zero attached hydrogens (tertiary/aromatic N) is 1. The van der Waals surface area contributed by atoms with Crippen molar-refractivity contribution < 1.29 is 22.7 Å². The molecule has 0 saturated carbocycles. The first-order valence-corrected chi connectivity index (χ1v) is 14.6. The first-order chi connectivity index (χ1) is 19.2. The normalized spacial score (nSPS) is 11.0. The van der Waals surface area contributed by atoms with Gasteiger partial charge in [-0.2, -0.15) is 0 Å². The number of carbonyl (C=O) groups is 2. The van der Waals surface area contributed by atoms with Crippen LogP contribution < -0.4 is 19.7 Å². The Balaban J connectivity index is 1.58. The molecule has 0 spiro atoms. The van der Waals surface area contributed by atoms with Crippen LogP contribution in [0.15, 0.2) is 106 Å². The average Bonchev–Trinajstić information content (AvgIpc) is 2.96. The van der Waals surface area contributed by atoms with Gasteiger partial charge in [-0.15, -0.1) is 0 Å². The van der Waals surface area contributed by atoms with Crippen LogP contribution in [0.1, 0.15) is 21.5 Å². The molecule has 0 heterocycles. The zero-order valence-electron chi connectivity index (χ0n) is 21.9. The lowest BCUT2D eigenvalue weighted by Gasteiger charge is -2.25. The highest BCUT2D eigenvalue weighted by Crippen LogP contribution is 2.31. The van der Waals surface area contributed by atoms with Gasteiger partial charge >= 0.3 is 0 Å². The van der Waals surface area contributed by atoms with Crippen LogP contribution in [-0.2, 0) is 21.4 Å². The molecule has 0 saturated heterocycles. The number of halogens is 1. The molecular formula is C30H28BrN3O5S. The molecule has 0 unspecified atom stereocenters. The van der Waals surface area contributed by atoms with Gasteiger partial charge in [0.05, 0.1) is 33.4 Å². The average molecular weight is 623 g/mol. The number of sulfonamides is 1. The van der Waals surface area contributed by atoms with E-state index < -0.39 is 22.5 Å². The van der Waals surface area contributed by atoms with Crippen LogP contribution in [0.2, 0.25) is 0 Å². The molecule has 206 valence electrons. The standard InChI is InChI=1S/C30H28BrN3O5S/c1-21-12-14-23(15-13-21)34(40(37,38)24-16-17-28(39-2)26(31)18-24)20-29(35)33-27-11-7-6-10-25(27)30(36)32-19-22-8-4-3-5-9-22/h3-18H,19-20H2,1-2H3,(H,32,36)(H,33,35). The summed E-state index contributed by atoms with van der Waals surface area (Å²) in [7, 11) is -2.68. The molecular weight excluding hydrogens is 594 g/mol. The molecule has 4 rings (SSSR count). The van der Waals surface area contributed by atoms with Crippen LogP contribution in [0.4, 0.5) is 11.4 Å². The molecule has 2 N–H and O–H groups in total. The van der Waals surface area contributed by atoms with Crippen molar-refractivity contribution in [3.63, 3.8) is 0 Å². The van der Waals surface area contributed by atoms with E-state index in [2.05, 4.69) is 26.6 Å². The number of methoxy groups -OCH3 is 1. The number of para-hydroxylation sites is 1. The van der Waals surface area contributed by atoms with Crippen molar-refractivity contribution in [2.75, 3.05) is 23.3 Å². The molecule has 0 aliphatic carbocycles. The number of aryl methyl sites for hydroxylation is 1. The number of anilines is 2. The largest absolute Gasteiger partial charge is 0.496 e. The molecule has 0 fully saturated rings. The summed E-state index contributed by atoms with van der Waals surface area (Å²) in [6.45, 7) is 1.68. The van der Waals surface area contributed by atoms with Crippen LogP contribution in [0.5, 0.6) is 5.75 Å². The third-order valence-corrected chi connectivity index (χ3v) is 8.45. The second-order valence-corrected chi connectivity index (χ2v) is 11.6. The molecule has 0 bridgehead atoms. The number of nitrogens with one attached hydrogen (secondary N) is 2. The molecule has 0 atom stereocenters. The minimum atomic E-state index is -4.16. The van der Waals surface area contributed by atoms with E-state index in [9.17, 15) is 18.0 Å². The summed E-state index contributed by atoms with van der Waals surface area (Å²) in [5.74, 6) is -0.508. The first kappa shape index (κ1) is 28.8. The van der Waals surface area contributed by atoms with E-state index in [4.69, 9.17) is 4.74 Å². The summed E-state index contributed by atoms with van der Waals surface area (Å²) in [5.41, 5.74) is 2.72. The maximum Gasteiger partial charge on any atom is 0.264 e. The van der Waals surface area contributed by atoms with Crippen molar-refractivity contribution in [1.82, 2.24) is 5.32 Å². The summed E-state index contributed by atoms with van der Waals surface area (Å²) in [5, 5.41) is 5.57. The molecule has 10 heteroatoms. The number of hydrogen-bond donors (Lipinski definition) is 2. The molecule has 8 nitrogen and oxygen atoms in total.